The minimum absolute atomic E-state index is 0.157. The molecule has 1 saturated heterocycles. The lowest BCUT2D eigenvalue weighted by molar-refractivity contribution is 0.112. The second-order valence-corrected chi connectivity index (χ2v) is 4.41. The first kappa shape index (κ1) is 10.3. The number of rotatable bonds is 1. The number of aryl methyl sites for hydroxylation is 1. The summed E-state index contributed by atoms with van der Waals surface area (Å²) in [7, 11) is 1.52. The Bertz CT molecular complexity index is 537. The van der Waals surface area contributed by atoms with Crippen molar-refractivity contribution in [3.63, 3.8) is 0 Å². The van der Waals surface area contributed by atoms with Crippen molar-refractivity contribution < 1.29 is 9.53 Å². The lowest BCUT2D eigenvalue weighted by atomic mass is 10.1. The maximum Gasteiger partial charge on any atom is 0.279 e. The van der Waals surface area contributed by atoms with E-state index in [4.69, 9.17) is 4.74 Å². The van der Waals surface area contributed by atoms with E-state index < -0.39 is 0 Å². The van der Waals surface area contributed by atoms with E-state index >= 15 is 0 Å². The van der Waals surface area contributed by atoms with E-state index in [1.165, 1.54) is 7.05 Å². The number of aromatic nitrogens is 2. The summed E-state index contributed by atoms with van der Waals surface area (Å²) in [5.41, 5.74) is 0.371. The quantitative estimate of drug-likeness (QED) is 0.639. The Morgan fingerprint density at radius 1 is 1.53 bits per heavy atom. The normalized spacial score (nSPS) is 21.7. The number of hydrogen-bond donors (Lipinski definition) is 0. The molecule has 1 aromatic heterocycles. The van der Waals surface area contributed by atoms with Crippen LogP contribution in [0.2, 0.25) is 0 Å². The summed E-state index contributed by atoms with van der Waals surface area (Å²) in [5, 5.41) is 4.06. The topological polar surface area (TPSA) is 64.4 Å². The van der Waals surface area contributed by atoms with Gasteiger partial charge in [-0.1, -0.05) is 0 Å². The van der Waals surface area contributed by atoms with Crippen LogP contribution in [0.4, 0.5) is 5.69 Å². The summed E-state index contributed by atoms with van der Waals surface area (Å²) >= 11 is 0. The van der Waals surface area contributed by atoms with Gasteiger partial charge in [-0.2, -0.15) is 0 Å². The van der Waals surface area contributed by atoms with Crippen molar-refractivity contribution in [3.8, 4) is 5.88 Å². The van der Waals surface area contributed by atoms with Crippen molar-refractivity contribution >= 4 is 12.0 Å². The number of ether oxygens (including phenoxy) is 1. The first-order chi connectivity index (χ1) is 8.22. The zero-order valence-corrected chi connectivity index (χ0v) is 9.55. The molecule has 6 nitrogen and oxygen atoms in total. The van der Waals surface area contributed by atoms with Gasteiger partial charge in [0.1, 0.15) is 17.9 Å². The molecule has 1 unspecified atom stereocenters. The van der Waals surface area contributed by atoms with Crippen molar-refractivity contribution in [2.45, 2.75) is 18.9 Å². The molecule has 0 N–H and O–H groups in total. The van der Waals surface area contributed by atoms with Crippen LogP contribution in [0.3, 0.4) is 0 Å². The van der Waals surface area contributed by atoms with Crippen LogP contribution in [0.15, 0.2) is 4.79 Å². The summed E-state index contributed by atoms with van der Waals surface area (Å²) in [4.78, 5) is 25.0. The zero-order valence-electron chi connectivity index (χ0n) is 9.55. The molecule has 0 aliphatic carbocycles. The second kappa shape index (κ2) is 3.58. The maximum absolute atomic E-state index is 11.8. The third-order valence-corrected chi connectivity index (χ3v) is 3.42. The van der Waals surface area contributed by atoms with Gasteiger partial charge < -0.3 is 9.64 Å². The molecule has 1 aromatic rings. The van der Waals surface area contributed by atoms with E-state index in [0.29, 0.717) is 24.5 Å². The monoisotopic (exact) mass is 235 g/mol. The molecule has 3 heterocycles. The summed E-state index contributed by atoms with van der Waals surface area (Å²) in [6.45, 7) is 1.44. The summed E-state index contributed by atoms with van der Waals surface area (Å²) in [6.07, 6.45) is 2.70. The molecule has 0 radical (unpaired) electrons. The number of aldehydes is 1. The first-order valence-corrected chi connectivity index (χ1v) is 5.68. The number of carbonyl (C=O) groups excluding carboxylic acids is 1. The van der Waals surface area contributed by atoms with Crippen LogP contribution in [0, 0.1) is 0 Å². The average Bonchev–Trinajstić information content (AvgIpc) is 2.79. The second-order valence-electron chi connectivity index (χ2n) is 4.41. The highest BCUT2D eigenvalue weighted by Gasteiger charge is 2.35. The summed E-state index contributed by atoms with van der Waals surface area (Å²) in [5.74, 6) is 0.396. The van der Waals surface area contributed by atoms with Gasteiger partial charge in [0, 0.05) is 13.6 Å². The molecule has 2 aliphatic heterocycles. The molecule has 1 fully saturated rings. The summed E-state index contributed by atoms with van der Waals surface area (Å²) in [6, 6.07) is 0.273. The molecular formula is C11H13N3O3. The van der Waals surface area contributed by atoms with Crippen LogP contribution in [0.1, 0.15) is 23.2 Å². The van der Waals surface area contributed by atoms with Crippen molar-refractivity contribution in [1.29, 1.82) is 0 Å². The lowest BCUT2D eigenvalue weighted by Crippen LogP contribution is -2.41. The molecule has 0 saturated carbocycles. The highest BCUT2D eigenvalue weighted by atomic mass is 16.5. The Balaban J connectivity index is 2.25. The summed E-state index contributed by atoms with van der Waals surface area (Å²) < 4.78 is 6.70. The Kier molecular flexibility index (Phi) is 2.17. The largest absolute Gasteiger partial charge is 0.473 e. The van der Waals surface area contributed by atoms with Gasteiger partial charge in [-0.05, 0) is 12.8 Å². The van der Waals surface area contributed by atoms with Crippen LogP contribution in [-0.4, -0.2) is 35.3 Å². The molecule has 0 spiro atoms. The average molecular weight is 235 g/mol. The third kappa shape index (κ3) is 1.36. The van der Waals surface area contributed by atoms with E-state index in [1.54, 1.807) is 0 Å². The molecule has 17 heavy (non-hydrogen) atoms. The first-order valence-electron chi connectivity index (χ1n) is 5.68. The minimum atomic E-state index is -0.366. The van der Waals surface area contributed by atoms with Gasteiger partial charge in [0.05, 0.1) is 6.04 Å². The molecule has 6 heteroatoms. The smallest absolute Gasteiger partial charge is 0.279 e. The van der Waals surface area contributed by atoms with Crippen molar-refractivity contribution in [3.05, 3.63) is 15.9 Å². The van der Waals surface area contributed by atoms with Gasteiger partial charge in [0.15, 0.2) is 6.29 Å². The molecule has 3 rings (SSSR count). The van der Waals surface area contributed by atoms with Crippen molar-refractivity contribution in [1.82, 2.24) is 9.78 Å². The fraction of sp³-hybridized carbons (Fsp3) is 0.545. The van der Waals surface area contributed by atoms with Gasteiger partial charge in [0.2, 0.25) is 0 Å². The molecule has 2 aliphatic rings. The number of carbonyl (C=O) groups is 1. The van der Waals surface area contributed by atoms with Gasteiger partial charge in [-0.3, -0.25) is 9.59 Å². The lowest BCUT2D eigenvalue weighted by Gasteiger charge is -2.33. The Morgan fingerprint density at radius 2 is 2.35 bits per heavy atom. The van der Waals surface area contributed by atoms with E-state index in [-0.39, 0.29) is 17.2 Å². The molecular weight excluding hydrogens is 222 g/mol. The van der Waals surface area contributed by atoms with Crippen LogP contribution in [0.25, 0.3) is 0 Å². The molecule has 0 amide bonds. The number of hydrogen-bond acceptors (Lipinski definition) is 5. The molecule has 0 bridgehead atoms. The fourth-order valence-electron chi connectivity index (χ4n) is 2.58. The zero-order chi connectivity index (χ0) is 12.0. The van der Waals surface area contributed by atoms with E-state index in [1.807, 2.05) is 0 Å². The fourth-order valence-corrected chi connectivity index (χ4v) is 2.58. The predicted molar refractivity (Wildman–Crippen MR) is 60.7 cm³/mol. The number of fused-ring (bicyclic) bond motifs is 3. The predicted octanol–water partition coefficient (Wildman–Crippen LogP) is -0.0460. The standard InChI is InChI=1S/C11H13N3O3/c1-13-11(16)8(5-15)9-10(12-13)17-6-7-3-2-4-14(7)9/h5,7H,2-4,6H2,1H3. The van der Waals surface area contributed by atoms with Crippen LogP contribution >= 0.6 is 0 Å². The highest BCUT2D eigenvalue weighted by Crippen LogP contribution is 2.37. The highest BCUT2D eigenvalue weighted by molar-refractivity contribution is 5.86. The van der Waals surface area contributed by atoms with Crippen LogP contribution in [0.5, 0.6) is 5.88 Å². The SMILES string of the molecule is Cn1nc2c(c(C=O)c1=O)N1CCCC1CO2. The van der Waals surface area contributed by atoms with Gasteiger partial charge in [-0.15, -0.1) is 5.10 Å². The van der Waals surface area contributed by atoms with E-state index in [2.05, 4.69) is 10.00 Å². The van der Waals surface area contributed by atoms with E-state index in [0.717, 1.165) is 24.1 Å². The van der Waals surface area contributed by atoms with Gasteiger partial charge in [-0.25, -0.2) is 4.68 Å². The molecule has 0 aromatic carbocycles. The van der Waals surface area contributed by atoms with Gasteiger partial charge >= 0.3 is 0 Å². The van der Waals surface area contributed by atoms with Crippen LogP contribution in [-0.2, 0) is 7.05 Å². The van der Waals surface area contributed by atoms with Crippen molar-refractivity contribution in [2.24, 2.45) is 7.05 Å². The minimum Gasteiger partial charge on any atom is -0.473 e. The van der Waals surface area contributed by atoms with Crippen molar-refractivity contribution in [2.75, 3.05) is 18.1 Å². The van der Waals surface area contributed by atoms with Crippen LogP contribution < -0.4 is 15.2 Å². The molecule has 1 atom stereocenters. The third-order valence-electron chi connectivity index (χ3n) is 3.42. The molecule has 90 valence electrons. The van der Waals surface area contributed by atoms with E-state index in [9.17, 15) is 9.59 Å². The number of nitrogens with zero attached hydrogens (tertiary/aromatic N) is 3. The van der Waals surface area contributed by atoms with Gasteiger partial charge in [0.25, 0.3) is 11.4 Å². The Labute approximate surface area is 97.8 Å². The Hall–Kier alpha value is -1.85. The Morgan fingerprint density at radius 3 is 3.12 bits per heavy atom. The number of anilines is 1. The maximum atomic E-state index is 11.8.